The maximum atomic E-state index is 6.20. The molecular formula is C17H13ClN2O. The Bertz CT molecular complexity index is 952. The lowest BCUT2D eigenvalue weighted by atomic mass is 10.1. The highest BCUT2D eigenvalue weighted by Gasteiger charge is 2.18. The molecule has 1 aromatic carbocycles. The molecule has 0 unspecified atom stereocenters. The Hall–Kier alpha value is -2.26. The van der Waals surface area contributed by atoms with E-state index in [9.17, 15) is 0 Å². The second-order valence-corrected chi connectivity index (χ2v) is 5.36. The summed E-state index contributed by atoms with van der Waals surface area (Å²) in [7, 11) is 0. The maximum absolute atomic E-state index is 6.20. The number of aryl methyl sites for hydroxylation is 1. The second kappa shape index (κ2) is 4.64. The Kier molecular flexibility index (Phi) is 2.76. The zero-order valence-corrected chi connectivity index (χ0v) is 12.3. The van der Waals surface area contributed by atoms with Gasteiger partial charge in [0, 0.05) is 17.1 Å². The fourth-order valence-electron chi connectivity index (χ4n) is 2.80. The smallest absolute Gasteiger partial charge is 0.156 e. The van der Waals surface area contributed by atoms with Gasteiger partial charge in [0.15, 0.2) is 11.4 Å². The Morgan fingerprint density at radius 1 is 1.19 bits per heavy atom. The van der Waals surface area contributed by atoms with Crippen molar-refractivity contribution in [1.29, 1.82) is 0 Å². The summed E-state index contributed by atoms with van der Waals surface area (Å²) in [5.74, 6) is 0.869. The molecular weight excluding hydrogens is 284 g/mol. The van der Waals surface area contributed by atoms with Gasteiger partial charge in [-0.3, -0.25) is 4.40 Å². The fraction of sp³-hybridized carbons (Fsp3) is 0.118. The van der Waals surface area contributed by atoms with Gasteiger partial charge in [-0.2, -0.15) is 0 Å². The third-order valence-electron chi connectivity index (χ3n) is 3.77. The number of aromatic nitrogens is 2. The van der Waals surface area contributed by atoms with E-state index in [1.54, 1.807) is 0 Å². The molecule has 0 bridgehead atoms. The number of halogens is 1. The molecule has 0 amide bonds. The van der Waals surface area contributed by atoms with Crippen LogP contribution in [0.3, 0.4) is 0 Å². The zero-order valence-electron chi connectivity index (χ0n) is 11.5. The Morgan fingerprint density at radius 3 is 2.90 bits per heavy atom. The van der Waals surface area contributed by atoms with Crippen LogP contribution in [0.1, 0.15) is 12.5 Å². The summed E-state index contributed by atoms with van der Waals surface area (Å²) in [4.78, 5) is 4.41. The van der Waals surface area contributed by atoms with E-state index in [-0.39, 0.29) is 0 Å². The standard InChI is InChI=1S/C17H13ClN2O/c1-2-11-12-6-3-4-8-15(12)21-16(11)14-10-19-17-13(18)7-5-9-20(14)17/h3-10H,2H2,1H3. The van der Waals surface area contributed by atoms with Crippen LogP contribution in [0, 0.1) is 0 Å². The molecule has 3 nitrogen and oxygen atoms in total. The normalized spacial score (nSPS) is 11.5. The third kappa shape index (κ3) is 1.78. The zero-order chi connectivity index (χ0) is 14.4. The largest absolute Gasteiger partial charge is 0.454 e. The van der Waals surface area contributed by atoms with Gasteiger partial charge in [-0.25, -0.2) is 4.98 Å². The predicted molar refractivity (Wildman–Crippen MR) is 84.8 cm³/mol. The van der Waals surface area contributed by atoms with Gasteiger partial charge >= 0.3 is 0 Å². The van der Waals surface area contributed by atoms with Crippen molar-refractivity contribution in [3.63, 3.8) is 0 Å². The van der Waals surface area contributed by atoms with E-state index in [0.717, 1.165) is 34.5 Å². The molecule has 104 valence electrons. The van der Waals surface area contributed by atoms with E-state index < -0.39 is 0 Å². The molecule has 4 heteroatoms. The van der Waals surface area contributed by atoms with E-state index in [4.69, 9.17) is 16.0 Å². The molecule has 3 aromatic heterocycles. The molecule has 0 saturated carbocycles. The van der Waals surface area contributed by atoms with E-state index in [0.29, 0.717) is 5.02 Å². The molecule has 0 N–H and O–H groups in total. The lowest BCUT2D eigenvalue weighted by Gasteiger charge is -2.01. The number of fused-ring (bicyclic) bond motifs is 2. The predicted octanol–water partition coefficient (Wildman–Crippen LogP) is 4.96. The van der Waals surface area contributed by atoms with E-state index in [2.05, 4.69) is 18.0 Å². The van der Waals surface area contributed by atoms with Gasteiger partial charge in [-0.05, 0) is 24.6 Å². The van der Waals surface area contributed by atoms with Crippen molar-refractivity contribution >= 4 is 28.2 Å². The van der Waals surface area contributed by atoms with Crippen LogP contribution in [0.5, 0.6) is 0 Å². The van der Waals surface area contributed by atoms with Crippen molar-refractivity contribution in [2.75, 3.05) is 0 Å². The van der Waals surface area contributed by atoms with Crippen LogP contribution in [-0.2, 0) is 6.42 Å². The molecule has 21 heavy (non-hydrogen) atoms. The van der Waals surface area contributed by atoms with Crippen molar-refractivity contribution in [3.05, 3.63) is 59.4 Å². The molecule has 0 aliphatic heterocycles. The molecule has 0 spiro atoms. The van der Waals surface area contributed by atoms with Crippen LogP contribution >= 0.6 is 11.6 Å². The van der Waals surface area contributed by atoms with Crippen LogP contribution in [-0.4, -0.2) is 9.38 Å². The summed E-state index contributed by atoms with van der Waals surface area (Å²) in [6, 6.07) is 11.9. The number of imidazole rings is 1. The molecule has 4 aromatic rings. The van der Waals surface area contributed by atoms with Crippen molar-refractivity contribution in [1.82, 2.24) is 9.38 Å². The number of rotatable bonds is 2. The van der Waals surface area contributed by atoms with Crippen LogP contribution in [0.15, 0.2) is 53.2 Å². The van der Waals surface area contributed by atoms with Crippen LogP contribution in [0.4, 0.5) is 0 Å². The average Bonchev–Trinajstić information content (AvgIpc) is 3.08. The Balaban J connectivity index is 2.07. The number of para-hydroxylation sites is 1. The molecule has 0 aliphatic rings. The topological polar surface area (TPSA) is 30.4 Å². The summed E-state index contributed by atoms with van der Waals surface area (Å²) in [6.45, 7) is 2.14. The monoisotopic (exact) mass is 296 g/mol. The van der Waals surface area contributed by atoms with Crippen LogP contribution < -0.4 is 0 Å². The lowest BCUT2D eigenvalue weighted by molar-refractivity contribution is 0.623. The van der Waals surface area contributed by atoms with E-state index in [1.165, 1.54) is 5.56 Å². The first kappa shape index (κ1) is 12.5. The number of benzene rings is 1. The third-order valence-corrected chi connectivity index (χ3v) is 4.07. The molecule has 0 radical (unpaired) electrons. The first-order valence-electron chi connectivity index (χ1n) is 6.92. The second-order valence-electron chi connectivity index (χ2n) is 4.95. The van der Waals surface area contributed by atoms with Gasteiger partial charge in [-0.1, -0.05) is 36.7 Å². The summed E-state index contributed by atoms with van der Waals surface area (Å²) in [5.41, 5.74) is 3.78. The quantitative estimate of drug-likeness (QED) is 0.523. The average molecular weight is 297 g/mol. The van der Waals surface area contributed by atoms with Gasteiger partial charge < -0.3 is 4.42 Å². The molecule has 0 aliphatic carbocycles. The molecule has 0 fully saturated rings. The summed E-state index contributed by atoms with van der Waals surface area (Å²) in [6.07, 6.45) is 4.68. The fourth-order valence-corrected chi connectivity index (χ4v) is 3.01. The lowest BCUT2D eigenvalue weighted by Crippen LogP contribution is -1.89. The van der Waals surface area contributed by atoms with Gasteiger partial charge in [-0.15, -0.1) is 0 Å². The van der Waals surface area contributed by atoms with Crippen LogP contribution in [0.25, 0.3) is 28.1 Å². The van der Waals surface area contributed by atoms with Crippen molar-refractivity contribution in [2.45, 2.75) is 13.3 Å². The van der Waals surface area contributed by atoms with Crippen molar-refractivity contribution in [2.24, 2.45) is 0 Å². The highest BCUT2D eigenvalue weighted by Crippen LogP contribution is 2.34. The molecule has 0 atom stereocenters. The summed E-state index contributed by atoms with van der Waals surface area (Å²) < 4.78 is 8.05. The molecule has 3 heterocycles. The molecule has 0 saturated heterocycles. The number of pyridine rings is 1. The van der Waals surface area contributed by atoms with Crippen LogP contribution in [0.2, 0.25) is 5.02 Å². The van der Waals surface area contributed by atoms with E-state index in [1.807, 2.05) is 47.1 Å². The van der Waals surface area contributed by atoms with Crippen molar-refractivity contribution < 1.29 is 4.42 Å². The Morgan fingerprint density at radius 2 is 2.05 bits per heavy atom. The van der Waals surface area contributed by atoms with Gasteiger partial charge in [0.05, 0.1) is 11.2 Å². The van der Waals surface area contributed by atoms with Gasteiger partial charge in [0.1, 0.15) is 11.3 Å². The first-order valence-corrected chi connectivity index (χ1v) is 7.29. The van der Waals surface area contributed by atoms with E-state index >= 15 is 0 Å². The highest BCUT2D eigenvalue weighted by atomic mass is 35.5. The minimum Gasteiger partial charge on any atom is -0.454 e. The van der Waals surface area contributed by atoms with Crippen molar-refractivity contribution in [3.8, 4) is 11.5 Å². The molecule has 4 rings (SSSR count). The van der Waals surface area contributed by atoms with Gasteiger partial charge in [0.25, 0.3) is 0 Å². The summed E-state index contributed by atoms with van der Waals surface area (Å²) in [5, 5.41) is 1.80. The first-order chi connectivity index (χ1) is 10.3. The minimum atomic E-state index is 0.637. The Labute approximate surface area is 126 Å². The number of nitrogens with zero attached hydrogens (tertiary/aromatic N) is 2. The maximum Gasteiger partial charge on any atom is 0.156 e. The minimum absolute atomic E-state index is 0.637. The number of hydrogen-bond acceptors (Lipinski definition) is 2. The highest BCUT2D eigenvalue weighted by molar-refractivity contribution is 6.33. The SMILES string of the molecule is CCc1c(-c2cnc3c(Cl)cccn23)oc2ccccc12. The number of hydrogen-bond donors (Lipinski definition) is 0. The number of furan rings is 1. The van der Waals surface area contributed by atoms with Gasteiger partial charge in [0.2, 0.25) is 0 Å². The summed E-state index contributed by atoms with van der Waals surface area (Å²) >= 11 is 6.20.